The highest BCUT2D eigenvalue weighted by Crippen LogP contribution is 2.22. The second-order valence-corrected chi connectivity index (χ2v) is 4.12. The molecule has 0 bridgehead atoms. The van der Waals surface area contributed by atoms with E-state index in [4.69, 9.17) is 14.7 Å². The van der Waals surface area contributed by atoms with Crippen molar-refractivity contribution < 1.29 is 14.4 Å². The monoisotopic (exact) mass is 252 g/mol. The molecule has 0 atom stereocenters. The molecule has 0 fully saturated rings. The summed E-state index contributed by atoms with van der Waals surface area (Å²) in [6, 6.07) is 10.6. The quantitative estimate of drug-likeness (QED) is 0.805. The van der Waals surface area contributed by atoms with Crippen LogP contribution in [0.1, 0.15) is 11.1 Å². The molecule has 1 aromatic heterocycles. The van der Waals surface area contributed by atoms with Crippen molar-refractivity contribution in [2.75, 3.05) is 0 Å². The van der Waals surface area contributed by atoms with Gasteiger partial charge >= 0.3 is 7.12 Å². The Morgan fingerprint density at radius 3 is 3.00 bits per heavy atom. The summed E-state index contributed by atoms with van der Waals surface area (Å²) in [5.41, 5.74) is 2.15. The van der Waals surface area contributed by atoms with Gasteiger partial charge in [-0.05, 0) is 29.2 Å². The molecule has 92 valence electrons. The third kappa shape index (κ3) is 2.29. The van der Waals surface area contributed by atoms with E-state index in [-0.39, 0.29) is 0 Å². The third-order valence-electron chi connectivity index (χ3n) is 2.87. The minimum Gasteiger partial charge on any atom is -0.439 e. The van der Waals surface area contributed by atoms with Crippen LogP contribution in [0.4, 0.5) is 0 Å². The van der Waals surface area contributed by atoms with Crippen molar-refractivity contribution in [2.45, 2.75) is 6.61 Å². The SMILES string of the molecule is N#Cc1ccc(Oc2ccc3c(c2)COB3O)nc1. The van der Waals surface area contributed by atoms with E-state index in [1.54, 1.807) is 24.3 Å². The average molecular weight is 252 g/mol. The standard InChI is InChI=1S/C13H9BN2O3/c15-6-9-1-4-13(16-7-9)19-11-2-3-12-10(5-11)8-18-14(12)17/h1-5,7,17H,8H2. The van der Waals surface area contributed by atoms with Gasteiger partial charge in [-0.2, -0.15) is 5.26 Å². The summed E-state index contributed by atoms with van der Waals surface area (Å²) in [5, 5.41) is 18.2. The van der Waals surface area contributed by atoms with Crippen molar-refractivity contribution in [2.24, 2.45) is 0 Å². The molecule has 0 radical (unpaired) electrons. The molecule has 1 aliphatic heterocycles. The lowest BCUT2D eigenvalue weighted by Crippen LogP contribution is -2.27. The molecule has 0 spiro atoms. The number of fused-ring (bicyclic) bond motifs is 1. The van der Waals surface area contributed by atoms with Gasteiger partial charge < -0.3 is 14.4 Å². The van der Waals surface area contributed by atoms with Crippen LogP contribution in [0.3, 0.4) is 0 Å². The van der Waals surface area contributed by atoms with Crippen LogP contribution in [-0.4, -0.2) is 17.1 Å². The number of hydrogen-bond donors (Lipinski definition) is 1. The maximum Gasteiger partial charge on any atom is 0.491 e. The van der Waals surface area contributed by atoms with E-state index >= 15 is 0 Å². The Kier molecular flexibility index (Phi) is 2.92. The Labute approximate surface area is 110 Å². The van der Waals surface area contributed by atoms with Gasteiger partial charge in [-0.25, -0.2) is 4.98 Å². The van der Waals surface area contributed by atoms with E-state index in [9.17, 15) is 5.02 Å². The number of aromatic nitrogens is 1. The van der Waals surface area contributed by atoms with Crippen molar-refractivity contribution in [3.8, 4) is 17.7 Å². The first kappa shape index (κ1) is 11.7. The predicted octanol–water partition coefficient (Wildman–Crippen LogP) is 0.963. The number of pyridine rings is 1. The fourth-order valence-corrected chi connectivity index (χ4v) is 1.90. The van der Waals surface area contributed by atoms with Gasteiger partial charge in [0.2, 0.25) is 5.88 Å². The average Bonchev–Trinajstić information content (AvgIpc) is 2.81. The molecule has 19 heavy (non-hydrogen) atoms. The minimum absolute atomic E-state index is 0.370. The first-order chi connectivity index (χ1) is 9.26. The van der Waals surface area contributed by atoms with Crippen LogP contribution in [0, 0.1) is 11.3 Å². The van der Waals surface area contributed by atoms with Crippen molar-refractivity contribution in [1.29, 1.82) is 5.26 Å². The highest BCUT2D eigenvalue weighted by atomic mass is 16.5. The fourth-order valence-electron chi connectivity index (χ4n) is 1.90. The summed E-state index contributed by atoms with van der Waals surface area (Å²) in [5.74, 6) is 1.03. The minimum atomic E-state index is -0.850. The molecule has 2 aromatic rings. The predicted molar refractivity (Wildman–Crippen MR) is 67.9 cm³/mol. The van der Waals surface area contributed by atoms with E-state index in [0.717, 1.165) is 11.0 Å². The molecule has 0 amide bonds. The molecule has 1 aromatic carbocycles. The highest BCUT2D eigenvalue weighted by molar-refractivity contribution is 6.61. The van der Waals surface area contributed by atoms with Gasteiger partial charge in [0.25, 0.3) is 0 Å². The summed E-state index contributed by atoms with van der Waals surface area (Å²) < 4.78 is 10.7. The van der Waals surface area contributed by atoms with Crippen LogP contribution in [0.25, 0.3) is 0 Å². The first-order valence-electron chi connectivity index (χ1n) is 5.73. The molecule has 0 saturated carbocycles. The maximum atomic E-state index is 9.51. The van der Waals surface area contributed by atoms with Crippen LogP contribution in [-0.2, 0) is 11.3 Å². The topological polar surface area (TPSA) is 75.4 Å². The van der Waals surface area contributed by atoms with Crippen LogP contribution < -0.4 is 10.2 Å². The molecule has 1 aliphatic rings. The zero-order valence-corrected chi connectivity index (χ0v) is 9.91. The number of nitriles is 1. The van der Waals surface area contributed by atoms with Gasteiger partial charge in [0.05, 0.1) is 12.2 Å². The van der Waals surface area contributed by atoms with E-state index in [0.29, 0.717) is 23.8 Å². The fraction of sp³-hybridized carbons (Fsp3) is 0.0769. The summed E-state index contributed by atoms with van der Waals surface area (Å²) in [6.45, 7) is 0.370. The van der Waals surface area contributed by atoms with Crippen molar-refractivity contribution in [3.05, 3.63) is 47.7 Å². The van der Waals surface area contributed by atoms with E-state index in [1.165, 1.54) is 6.20 Å². The lowest BCUT2D eigenvalue weighted by atomic mass is 9.80. The lowest BCUT2D eigenvalue weighted by Gasteiger charge is -2.06. The maximum absolute atomic E-state index is 9.51. The van der Waals surface area contributed by atoms with Gasteiger partial charge in [0.15, 0.2) is 0 Å². The number of hydrogen-bond acceptors (Lipinski definition) is 5. The molecular formula is C13H9BN2O3. The second kappa shape index (κ2) is 4.73. The largest absolute Gasteiger partial charge is 0.491 e. The zero-order valence-electron chi connectivity index (χ0n) is 9.91. The van der Waals surface area contributed by atoms with Gasteiger partial charge in [0.1, 0.15) is 11.8 Å². The van der Waals surface area contributed by atoms with E-state index < -0.39 is 7.12 Å². The van der Waals surface area contributed by atoms with Gasteiger partial charge in [0, 0.05) is 12.3 Å². The molecule has 1 N–H and O–H groups in total. The molecule has 0 aliphatic carbocycles. The second-order valence-electron chi connectivity index (χ2n) is 4.12. The Balaban J connectivity index is 1.82. The van der Waals surface area contributed by atoms with Crippen LogP contribution in [0.5, 0.6) is 11.6 Å². The number of benzene rings is 1. The number of nitrogens with zero attached hydrogens (tertiary/aromatic N) is 2. The first-order valence-corrected chi connectivity index (χ1v) is 5.73. The van der Waals surface area contributed by atoms with Gasteiger partial charge in [-0.3, -0.25) is 0 Å². The lowest BCUT2D eigenvalue weighted by molar-refractivity contribution is 0.275. The summed E-state index contributed by atoms with van der Waals surface area (Å²) in [7, 11) is -0.850. The molecule has 6 heteroatoms. The molecule has 3 rings (SSSR count). The van der Waals surface area contributed by atoms with Crippen molar-refractivity contribution in [3.63, 3.8) is 0 Å². The summed E-state index contributed by atoms with van der Waals surface area (Å²) >= 11 is 0. The van der Waals surface area contributed by atoms with Crippen molar-refractivity contribution >= 4 is 12.6 Å². The number of ether oxygens (including phenoxy) is 1. The molecular weight excluding hydrogens is 243 g/mol. The summed E-state index contributed by atoms with van der Waals surface area (Å²) in [4.78, 5) is 4.03. The highest BCUT2D eigenvalue weighted by Gasteiger charge is 2.27. The Hall–Kier alpha value is -2.36. The smallest absolute Gasteiger partial charge is 0.439 e. The molecule has 5 nitrogen and oxygen atoms in total. The van der Waals surface area contributed by atoms with Crippen LogP contribution >= 0.6 is 0 Å². The van der Waals surface area contributed by atoms with Crippen LogP contribution in [0.2, 0.25) is 0 Å². The molecule has 0 unspecified atom stereocenters. The zero-order chi connectivity index (χ0) is 13.2. The van der Waals surface area contributed by atoms with E-state index in [2.05, 4.69) is 4.98 Å². The van der Waals surface area contributed by atoms with E-state index in [1.807, 2.05) is 12.1 Å². The Morgan fingerprint density at radius 2 is 2.26 bits per heavy atom. The van der Waals surface area contributed by atoms with Crippen LogP contribution in [0.15, 0.2) is 36.5 Å². The third-order valence-corrected chi connectivity index (χ3v) is 2.87. The van der Waals surface area contributed by atoms with Gasteiger partial charge in [-0.15, -0.1) is 0 Å². The molecule has 2 heterocycles. The Morgan fingerprint density at radius 1 is 1.37 bits per heavy atom. The normalized spacial score (nSPS) is 12.9. The Bertz CT molecular complexity index is 652. The summed E-state index contributed by atoms with van der Waals surface area (Å²) in [6.07, 6.45) is 1.45. The van der Waals surface area contributed by atoms with Crippen molar-refractivity contribution in [1.82, 2.24) is 4.98 Å². The number of rotatable bonds is 2. The van der Waals surface area contributed by atoms with Gasteiger partial charge in [-0.1, -0.05) is 6.07 Å². The molecule has 0 saturated heterocycles.